The summed E-state index contributed by atoms with van der Waals surface area (Å²) in [7, 11) is 0. The van der Waals surface area contributed by atoms with Gasteiger partial charge in [-0.3, -0.25) is 0 Å². The third-order valence-electron chi connectivity index (χ3n) is 3.41. The second-order valence-corrected chi connectivity index (χ2v) is 5.33. The van der Waals surface area contributed by atoms with Crippen molar-refractivity contribution in [2.45, 2.75) is 78.8 Å². The summed E-state index contributed by atoms with van der Waals surface area (Å²) >= 11 is 0. The van der Waals surface area contributed by atoms with E-state index in [0.29, 0.717) is 6.04 Å². The third kappa shape index (κ3) is 8.62. The van der Waals surface area contributed by atoms with Gasteiger partial charge in [0.25, 0.3) is 0 Å². The van der Waals surface area contributed by atoms with E-state index in [0.717, 1.165) is 6.04 Å². The number of nitrogens with one attached hydrogen (secondary N) is 1. The van der Waals surface area contributed by atoms with Crippen LogP contribution in [0.15, 0.2) is 0 Å². The van der Waals surface area contributed by atoms with Gasteiger partial charge in [-0.15, -0.1) is 0 Å². The first-order valence-corrected chi connectivity index (χ1v) is 7.63. The quantitative estimate of drug-likeness (QED) is 0.595. The highest BCUT2D eigenvalue weighted by atomic mass is 15.1. The van der Waals surface area contributed by atoms with E-state index in [1.807, 2.05) is 0 Å². The third-order valence-corrected chi connectivity index (χ3v) is 3.41. The topological polar surface area (TPSA) is 15.3 Å². The van der Waals surface area contributed by atoms with Crippen LogP contribution in [-0.2, 0) is 0 Å². The van der Waals surface area contributed by atoms with E-state index < -0.39 is 0 Å². The van der Waals surface area contributed by atoms with Crippen LogP contribution in [0.2, 0.25) is 0 Å². The van der Waals surface area contributed by atoms with Gasteiger partial charge in [-0.1, -0.05) is 20.8 Å². The Morgan fingerprint density at radius 1 is 1.00 bits per heavy atom. The Labute approximate surface area is 109 Å². The molecule has 2 nitrogen and oxygen atoms in total. The minimum absolute atomic E-state index is 0.693. The van der Waals surface area contributed by atoms with Crippen molar-refractivity contribution in [2.75, 3.05) is 19.6 Å². The molecule has 0 spiro atoms. The molecule has 0 saturated carbocycles. The van der Waals surface area contributed by atoms with Gasteiger partial charge in [0.2, 0.25) is 0 Å². The molecule has 0 saturated heterocycles. The van der Waals surface area contributed by atoms with Gasteiger partial charge < -0.3 is 10.2 Å². The summed E-state index contributed by atoms with van der Waals surface area (Å²) in [4.78, 5) is 2.60. The van der Waals surface area contributed by atoms with Crippen LogP contribution in [0.1, 0.15) is 66.7 Å². The summed E-state index contributed by atoms with van der Waals surface area (Å²) in [5.41, 5.74) is 0. The summed E-state index contributed by atoms with van der Waals surface area (Å²) in [5.74, 6) is 0. The van der Waals surface area contributed by atoms with Crippen molar-refractivity contribution in [2.24, 2.45) is 0 Å². The first-order valence-electron chi connectivity index (χ1n) is 7.63. The highest BCUT2D eigenvalue weighted by Gasteiger charge is 2.09. The zero-order valence-electron chi connectivity index (χ0n) is 12.8. The Hall–Kier alpha value is -0.0800. The molecule has 0 aliphatic heterocycles. The largest absolute Gasteiger partial charge is 0.314 e. The second kappa shape index (κ2) is 11.0. The Morgan fingerprint density at radius 2 is 1.71 bits per heavy atom. The maximum Gasteiger partial charge on any atom is 0.00649 e. The molecule has 0 aromatic heterocycles. The normalized spacial score (nSPS) is 13.6. The summed E-state index contributed by atoms with van der Waals surface area (Å²) in [6.07, 6.45) is 6.42. The molecular formula is C15H34N2. The minimum atomic E-state index is 0.693. The van der Waals surface area contributed by atoms with Crippen molar-refractivity contribution in [3.8, 4) is 0 Å². The van der Waals surface area contributed by atoms with Crippen molar-refractivity contribution < 1.29 is 0 Å². The first kappa shape index (κ1) is 16.9. The zero-order chi connectivity index (χ0) is 13.1. The van der Waals surface area contributed by atoms with Gasteiger partial charge in [0.15, 0.2) is 0 Å². The molecule has 1 N–H and O–H groups in total. The molecule has 0 radical (unpaired) electrons. The molecule has 0 fully saturated rings. The van der Waals surface area contributed by atoms with Crippen LogP contribution in [0.5, 0.6) is 0 Å². The van der Waals surface area contributed by atoms with Crippen molar-refractivity contribution in [3.05, 3.63) is 0 Å². The van der Waals surface area contributed by atoms with Crippen LogP contribution in [0.3, 0.4) is 0 Å². The predicted octanol–water partition coefficient (Wildman–Crippen LogP) is 3.67. The smallest absolute Gasteiger partial charge is 0.00649 e. The standard InChI is InChI=1S/C15H34N2/c1-6-11-16-15(8-3)10-9-13-17(12-7-2)14(4)5/h14-16H,6-13H2,1-5H3. The van der Waals surface area contributed by atoms with Gasteiger partial charge in [0.1, 0.15) is 0 Å². The Morgan fingerprint density at radius 3 is 2.18 bits per heavy atom. The van der Waals surface area contributed by atoms with Crippen molar-refractivity contribution in [1.29, 1.82) is 0 Å². The molecule has 0 aliphatic rings. The molecule has 0 aromatic rings. The van der Waals surface area contributed by atoms with E-state index >= 15 is 0 Å². The molecular weight excluding hydrogens is 208 g/mol. The van der Waals surface area contributed by atoms with Crippen LogP contribution < -0.4 is 5.32 Å². The molecule has 0 aliphatic carbocycles. The van der Waals surface area contributed by atoms with Crippen LogP contribution in [0.25, 0.3) is 0 Å². The van der Waals surface area contributed by atoms with Crippen molar-refractivity contribution in [1.82, 2.24) is 10.2 Å². The van der Waals surface area contributed by atoms with Crippen LogP contribution >= 0.6 is 0 Å². The van der Waals surface area contributed by atoms with E-state index in [2.05, 4.69) is 44.8 Å². The molecule has 1 unspecified atom stereocenters. The molecule has 0 heterocycles. The number of rotatable bonds is 11. The fourth-order valence-electron chi connectivity index (χ4n) is 2.26. The zero-order valence-corrected chi connectivity index (χ0v) is 12.8. The van der Waals surface area contributed by atoms with Crippen molar-refractivity contribution >= 4 is 0 Å². The average Bonchev–Trinajstić information content (AvgIpc) is 2.31. The monoisotopic (exact) mass is 242 g/mol. The minimum Gasteiger partial charge on any atom is -0.314 e. The summed E-state index contributed by atoms with van der Waals surface area (Å²) in [5, 5.41) is 3.64. The molecule has 17 heavy (non-hydrogen) atoms. The fourth-order valence-corrected chi connectivity index (χ4v) is 2.26. The number of hydrogen-bond acceptors (Lipinski definition) is 2. The summed E-state index contributed by atoms with van der Waals surface area (Å²) in [6, 6.07) is 1.42. The highest BCUT2D eigenvalue weighted by molar-refractivity contribution is 4.68. The van der Waals surface area contributed by atoms with E-state index in [1.165, 1.54) is 51.7 Å². The molecule has 104 valence electrons. The van der Waals surface area contributed by atoms with E-state index in [4.69, 9.17) is 0 Å². The maximum atomic E-state index is 3.64. The van der Waals surface area contributed by atoms with E-state index in [9.17, 15) is 0 Å². The summed E-state index contributed by atoms with van der Waals surface area (Å²) < 4.78 is 0. The van der Waals surface area contributed by atoms with Gasteiger partial charge in [0, 0.05) is 12.1 Å². The Balaban J connectivity index is 3.76. The van der Waals surface area contributed by atoms with Gasteiger partial charge in [-0.25, -0.2) is 0 Å². The van der Waals surface area contributed by atoms with Gasteiger partial charge in [0.05, 0.1) is 0 Å². The molecule has 2 heteroatoms. The van der Waals surface area contributed by atoms with Crippen LogP contribution in [0, 0.1) is 0 Å². The lowest BCUT2D eigenvalue weighted by molar-refractivity contribution is 0.214. The van der Waals surface area contributed by atoms with E-state index in [-0.39, 0.29) is 0 Å². The average molecular weight is 242 g/mol. The lowest BCUT2D eigenvalue weighted by atomic mass is 10.1. The number of nitrogens with zero attached hydrogens (tertiary/aromatic N) is 1. The van der Waals surface area contributed by atoms with Crippen LogP contribution in [0.4, 0.5) is 0 Å². The van der Waals surface area contributed by atoms with Gasteiger partial charge in [-0.2, -0.15) is 0 Å². The highest BCUT2D eigenvalue weighted by Crippen LogP contribution is 2.06. The van der Waals surface area contributed by atoms with Gasteiger partial charge in [-0.05, 0) is 65.6 Å². The predicted molar refractivity (Wildman–Crippen MR) is 78.6 cm³/mol. The molecule has 0 bridgehead atoms. The van der Waals surface area contributed by atoms with E-state index in [1.54, 1.807) is 0 Å². The first-order chi connectivity index (χ1) is 8.15. The van der Waals surface area contributed by atoms with Crippen molar-refractivity contribution in [3.63, 3.8) is 0 Å². The lowest BCUT2D eigenvalue weighted by Crippen LogP contribution is -2.34. The number of hydrogen-bond donors (Lipinski definition) is 1. The molecule has 1 atom stereocenters. The molecule has 0 amide bonds. The Bertz CT molecular complexity index is 157. The molecule has 0 rings (SSSR count). The maximum absolute atomic E-state index is 3.64. The second-order valence-electron chi connectivity index (χ2n) is 5.33. The SMILES string of the molecule is CCCNC(CC)CCCN(CCC)C(C)C. The van der Waals surface area contributed by atoms with Crippen LogP contribution in [-0.4, -0.2) is 36.6 Å². The Kier molecular flexibility index (Phi) is 11.0. The fraction of sp³-hybridized carbons (Fsp3) is 1.00. The van der Waals surface area contributed by atoms with Gasteiger partial charge >= 0.3 is 0 Å². The lowest BCUT2D eigenvalue weighted by Gasteiger charge is -2.27. The molecule has 0 aromatic carbocycles. The summed E-state index contributed by atoms with van der Waals surface area (Å²) in [6.45, 7) is 15.1.